The SMILES string of the molecule is CN1C(c2ccccc2)C(C#Cc2ccccc2)C(c2ccccc2)C1c1ccccc1. The molecule has 1 heteroatoms. The van der Waals surface area contributed by atoms with Crippen molar-refractivity contribution in [3.8, 4) is 11.8 Å². The molecular formula is C31H27N. The summed E-state index contributed by atoms with van der Waals surface area (Å²) < 4.78 is 0. The summed E-state index contributed by atoms with van der Waals surface area (Å²) in [6, 6.07) is 43.5. The largest absolute Gasteiger partial charge is 0.290 e. The molecule has 0 bridgehead atoms. The summed E-state index contributed by atoms with van der Waals surface area (Å²) in [5.41, 5.74) is 5.08. The van der Waals surface area contributed by atoms with Crippen LogP contribution in [0.25, 0.3) is 0 Å². The Labute approximate surface area is 191 Å². The molecule has 32 heavy (non-hydrogen) atoms. The van der Waals surface area contributed by atoms with Gasteiger partial charge in [0, 0.05) is 29.5 Å². The van der Waals surface area contributed by atoms with Gasteiger partial charge < -0.3 is 0 Å². The Balaban J connectivity index is 1.68. The van der Waals surface area contributed by atoms with Crippen LogP contribution in [0.4, 0.5) is 0 Å². The van der Waals surface area contributed by atoms with Crippen LogP contribution in [-0.4, -0.2) is 11.9 Å². The van der Waals surface area contributed by atoms with Gasteiger partial charge in [0.2, 0.25) is 0 Å². The molecule has 1 aliphatic heterocycles. The molecule has 4 unspecified atom stereocenters. The lowest BCUT2D eigenvalue weighted by molar-refractivity contribution is 0.234. The Kier molecular flexibility index (Phi) is 5.88. The average Bonchev–Trinajstić information content (AvgIpc) is 3.16. The normalized spacial score (nSPS) is 22.8. The molecule has 0 aromatic heterocycles. The molecular weight excluding hydrogens is 386 g/mol. The van der Waals surface area contributed by atoms with Gasteiger partial charge in [0.05, 0.1) is 0 Å². The minimum Gasteiger partial charge on any atom is -0.290 e. The Hall–Kier alpha value is -3.60. The molecule has 4 aromatic rings. The number of hydrogen-bond acceptors (Lipinski definition) is 1. The second-order valence-electron chi connectivity index (χ2n) is 8.47. The quantitative estimate of drug-likeness (QED) is 0.331. The van der Waals surface area contributed by atoms with Crippen molar-refractivity contribution in [1.29, 1.82) is 0 Å². The van der Waals surface area contributed by atoms with E-state index in [9.17, 15) is 0 Å². The van der Waals surface area contributed by atoms with E-state index in [1.807, 2.05) is 6.07 Å². The first-order valence-corrected chi connectivity index (χ1v) is 11.3. The van der Waals surface area contributed by atoms with E-state index in [1.165, 1.54) is 16.7 Å². The zero-order valence-electron chi connectivity index (χ0n) is 18.3. The maximum absolute atomic E-state index is 3.73. The number of nitrogens with zero attached hydrogens (tertiary/aromatic N) is 1. The number of likely N-dealkylation sites (N-methyl/N-ethyl adjacent to an activating group) is 1. The highest BCUT2D eigenvalue weighted by molar-refractivity contribution is 5.41. The van der Waals surface area contributed by atoms with Gasteiger partial charge in [-0.25, -0.2) is 0 Å². The zero-order valence-corrected chi connectivity index (χ0v) is 18.3. The fraction of sp³-hybridized carbons (Fsp3) is 0.161. The van der Waals surface area contributed by atoms with Gasteiger partial charge in [-0.05, 0) is 35.9 Å². The lowest BCUT2D eigenvalue weighted by Gasteiger charge is -2.28. The first kappa shape index (κ1) is 20.3. The third-order valence-electron chi connectivity index (χ3n) is 6.57. The van der Waals surface area contributed by atoms with Crippen molar-refractivity contribution < 1.29 is 0 Å². The van der Waals surface area contributed by atoms with Crippen molar-refractivity contribution >= 4 is 0 Å². The number of benzene rings is 4. The minimum absolute atomic E-state index is 0.162. The van der Waals surface area contributed by atoms with Gasteiger partial charge in [0.25, 0.3) is 0 Å². The van der Waals surface area contributed by atoms with Crippen molar-refractivity contribution in [1.82, 2.24) is 4.90 Å². The first-order valence-electron chi connectivity index (χ1n) is 11.3. The molecule has 1 fully saturated rings. The molecule has 0 saturated carbocycles. The summed E-state index contributed by atoms with van der Waals surface area (Å²) in [6.45, 7) is 0. The highest BCUT2D eigenvalue weighted by atomic mass is 15.2. The second-order valence-corrected chi connectivity index (χ2v) is 8.47. The lowest BCUT2D eigenvalue weighted by Crippen LogP contribution is -2.23. The van der Waals surface area contributed by atoms with Gasteiger partial charge in [0.15, 0.2) is 0 Å². The maximum atomic E-state index is 3.73. The maximum Gasteiger partial charge on any atom is 0.0495 e. The molecule has 0 N–H and O–H groups in total. The molecule has 1 saturated heterocycles. The summed E-state index contributed by atoms with van der Waals surface area (Å²) in [5.74, 6) is 7.67. The van der Waals surface area contributed by atoms with Crippen molar-refractivity contribution in [2.75, 3.05) is 7.05 Å². The topological polar surface area (TPSA) is 3.24 Å². The monoisotopic (exact) mass is 413 g/mol. The third kappa shape index (κ3) is 3.98. The predicted octanol–water partition coefficient (Wildman–Crippen LogP) is 6.87. The molecule has 0 aliphatic carbocycles. The lowest BCUT2D eigenvalue weighted by atomic mass is 9.78. The molecule has 5 rings (SSSR count). The summed E-state index contributed by atoms with van der Waals surface area (Å²) in [4.78, 5) is 2.53. The average molecular weight is 414 g/mol. The minimum atomic E-state index is 0.162. The number of hydrogen-bond donors (Lipinski definition) is 0. The number of likely N-dealkylation sites (tertiary alicyclic amines) is 1. The van der Waals surface area contributed by atoms with E-state index in [1.54, 1.807) is 0 Å². The summed E-state index contributed by atoms with van der Waals surface area (Å²) in [5, 5.41) is 0. The molecule has 4 atom stereocenters. The summed E-state index contributed by atoms with van der Waals surface area (Å²) >= 11 is 0. The molecule has 0 spiro atoms. The van der Waals surface area contributed by atoms with E-state index in [-0.39, 0.29) is 23.9 Å². The molecule has 0 amide bonds. The Morgan fingerprint density at radius 3 is 1.50 bits per heavy atom. The van der Waals surface area contributed by atoms with Crippen LogP contribution in [0.5, 0.6) is 0 Å². The van der Waals surface area contributed by atoms with Crippen molar-refractivity contribution in [2.45, 2.75) is 18.0 Å². The van der Waals surface area contributed by atoms with Gasteiger partial charge in [-0.15, -0.1) is 0 Å². The van der Waals surface area contributed by atoms with E-state index in [2.05, 4.69) is 139 Å². The van der Waals surface area contributed by atoms with E-state index >= 15 is 0 Å². The van der Waals surface area contributed by atoms with Gasteiger partial charge >= 0.3 is 0 Å². The number of rotatable bonds is 3. The van der Waals surface area contributed by atoms with Gasteiger partial charge in [0.1, 0.15) is 0 Å². The highest BCUT2D eigenvalue weighted by Crippen LogP contribution is 2.55. The van der Waals surface area contributed by atoms with Crippen LogP contribution in [-0.2, 0) is 0 Å². The third-order valence-corrected chi connectivity index (χ3v) is 6.57. The standard InChI is InChI=1S/C31H27N/c1-32-30(26-18-10-4-11-19-26)28(23-22-24-14-6-2-7-15-24)29(25-16-8-3-9-17-25)31(32)27-20-12-5-13-21-27/h2-21,28-31H,1H3. The predicted molar refractivity (Wildman–Crippen MR) is 132 cm³/mol. The molecule has 0 radical (unpaired) electrons. The van der Waals surface area contributed by atoms with E-state index in [0.717, 1.165) is 5.56 Å². The van der Waals surface area contributed by atoms with Crippen LogP contribution in [0.2, 0.25) is 0 Å². The van der Waals surface area contributed by atoms with Crippen LogP contribution < -0.4 is 0 Å². The molecule has 1 heterocycles. The fourth-order valence-electron chi connectivity index (χ4n) is 5.18. The Morgan fingerprint density at radius 1 is 0.531 bits per heavy atom. The van der Waals surface area contributed by atoms with E-state index < -0.39 is 0 Å². The Bertz CT molecular complexity index is 1190. The molecule has 1 aliphatic rings. The molecule has 156 valence electrons. The highest BCUT2D eigenvalue weighted by Gasteiger charge is 2.48. The van der Waals surface area contributed by atoms with Crippen LogP contribution in [0.15, 0.2) is 121 Å². The van der Waals surface area contributed by atoms with Crippen molar-refractivity contribution in [3.63, 3.8) is 0 Å². The first-order chi connectivity index (χ1) is 15.8. The van der Waals surface area contributed by atoms with Crippen LogP contribution in [0.3, 0.4) is 0 Å². The van der Waals surface area contributed by atoms with Gasteiger partial charge in [-0.3, -0.25) is 4.90 Å². The van der Waals surface area contributed by atoms with Crippen molar-refractivity contribution in [2.24, 2.45) is 5.92 Å². The smallest absolute Gasteiger partial charge is 0.0495 e. The summed E-state index contributed by atoms with van der Waals surface area (Å²) in [7, 11) is 2.26. The summed E-state index contributed by atoms with van der Waals surface area (Å²) in [6.07, 6.45) is 0. The van der Waals surface area contributed by atoms with Crippen LogP contribution >= 0.6 is 0 Å². The zero-order chi connectivity index (χ0) is 21.8. The molecule has 1 nitrogen and oxygen atoms in total. The Morgan fingerprint density at radius 2 is 0.969 bits per heavy atom. The van der Waals surface area contributed by atoms with Gasteiger partial charge in [-0.1, -0.05) is 121 Å². The van der Waals surface area contributed by atoms with E-state index in [4.69, 9.17) is 0 Å². The second kappa shape index (κ2) is 9.27. The van der Waals surface area contributed by atoms with E-state index in [0.29, 0.717) is 0 Å². The molecule has 4 aromatic carbocycles. The van der Waals surface area contributed by atoms with Gasteiger partial charge in [-0.2, -0.15) is 0 Å². The van der Waals surface area contributed by atoms with Crippen molar-refractivity contribution in [3.05, 3.63) is 144 Å². The van der Waals surface area contributed by atoms with Crippen LogP contribution in [0.1, 0.15) is 40.3 Å². The fourth-order valence-corrected chi connectivity index (χ4v) is 5.18. The van der Waals surface area contributed by atoms with Crippen LogP contribution in [0, 0.1) is 17.8 Å².